The van der Waals surface area contributed by atoms with Crippen LogP contribution in [0.4, 0.5) is 0 Å². The molecule has 0 aliphatic rings. The molecule has 0 heterocycles. The largest absolute Gasteiger partial charge is 0.0827 e. The molecule has 0 spiro atoms. The monoisotopic (exact) mass is 466 g/mol. The molecule has 0 aromatic heterocycles. The van der Waals surface area contributed by atoms with Gasteiger partial charge in [0, 0.05) is 5.41 Å². The van der Waals surface area contributed by atoms with E-state index < -0.39 is 0 Å². The lowest BCUT2D eigenvalue weighted by molar-refractivity contribution is 0.232. The van der Waals surface area contributed by atoms with Crippen LogP contribution in [0.1, 0.15) is 75.3 Å². The molecule has 0 aliphatic carbocycles. The van der Waals surface area contributed by atoms with Gasteiger partial charge < -0.3 is 0 Å². The molecule has 0 aliphatic heterocycles. The molecule has 0 fully saturated rings. The second-order valence-corrected chi connectivity index (χ2v) is 11.4. The third kappa shape index (κ3) is 4.78. The number of aryl methyl sites for hydroxylation is 2. The van der Waals surface area contributed by atoms with Gasteiger partial charge in [-0.15, -0.1) is 0 Å². The highest BCUT2D eigenvalue weighted by Gasteiger charge is 2.44. The Labute approximate surface area is 205 Å². The van der Waals surface area contributed by atoms with E-state index in [1.54, 1.807) is 0 Å². The van der Waals surface area contributed by atoms with Gasteiger partial charge >= 0.3 is 0 Å². The van der Waals surface area contributed by atoms with Crippen molar-refractivity contribution in [2.75, 3.05) is 0 Å². The lowest BCUT2D eigenvalue weighted by Crippen LogP contribution is -2.44. The van der Waals surface area contributed by atoms with Crippen molar-refractivity contribution in [2.45, 2.75) is 77.6 Å². The number of benzene rings is 3. The maximum Gasteiger partial charge on any atom is 0.0595 e. The fourth-order valence-corrected chi connectivity index (χ4v) is 4.99. The molecular formula is C30H36Cl2. The molecular weight excluding hydrogens is 431 g/mol. The SMILES string of the molecule is Cc1ccc(C(C)(C)[C@](C)(CCC(C)(C)c2ccc(Cl)c(Cl)c2)c2ccccc2)cc1C. The fraction of sp³-hybridized carbons (Fsp3) is 0.400. The van der Waals surface area contributed by atoms with Crippen LogP contribution in [0.25, 0.3) is 0 Å². The molecule has 0 saturated heterocycles. The number of hydrogen-bond acceptors (Lipinski definition) is 0. The molecule has 0 saturated carbocycles. The average Bonchev–Trinajstić information content (AvgIpc) is 2.76. The Kier molecular flexibility index (Phi) is 7.18. The second-order valence-electron chi connectivity index (χ2n) is 10.6. The van der Waals surface area contributed by atoms with E-state index in [1.165, 1.54) is 27.8 Å². The Balaban J connectivity index is 2.02. The van der Waals surface area contributed by atoms with E-state index in [0.717, 1.165) is 12.8 Å². The molecule has 3 rings (SSSR count). The Hall–Kier alpha value is -1.76. The molecule has 3 aromatic rings. The minimum Gasteiger partial charge on any atom is -0.0827 e. The molecule has 1 atom stereocenters. The van der Waals surface area contributed by atoms with Gasteiger partial charge in [0.15, 0.2) is 0 Å². The maximum absolute atomic E-state index is 6.35. The summed E-state index contributed by atoms with van der Waals surface area (Å²) in [7, 11) is 0. The summed E-state index contributed by atoms with van der Waals surface area (Å²) >= 11 is 12.5. The molecule has 0 bridgehead atoms. The minimum absolute atomic E-state index is 0.0243. The molecule has 0 radical (unpaired) electrons. The van der Waals surface area contributed by atoms with Crippen molar-refractivity contribution < 1.29 is 0 Å². The van der Waals surface area contributed by atoms with Gasteiger partial charge in [-0.2, -0.15) is 0 Å². The first kappa shape index (κ1) is 24.9. The molecule has 0 nitrogen and oxygen atoms in total. The van der Waals surface area contributed by atoms with E-state index in [0.29, 0.717) is 10.0 Å². The third-order valence-electron chi connectivity index (χ3n) is 7.97. The van der Waals surface area contributed by atoms with E-state index in [4.69, 9.17) is 23.2 Å². The zero-order valence-corrected chi connectivity index (χ0v) is 22.0. The quantitative estimate of drug-likeness (QED) is 0.324. The minimum atomic E-state index is -0.0550. The number of rotatable bonds is 7. The molecule has 2 heteroatoms. The Morgan fingerprint density at radius 3 is 1.81 bits per heavy atom. The summed E-state index contributed by atoms with van der Waals surface area (Å²) in [6, 6.07) is 24.0. The maximum atomic E-state index is 6.35. The van der Waals surface area contributed by atoms with Gasteiger partial charge in [0.1, 0.15) is 0 Å². The van der Waals surface area contributed by atoms with E-state index in [1.807, 2.05) is 12.1 Å². The standard InChI is InChI=1S/C30H36Cl2/c1-21-13-14-25(19-22(21)2)29(5,6)30(7,23-11-9-8-10-12-23)18-17-28(3,4)24-15-16-26(31)27(32)20-24/h8-16,19-20H,17-18H2,1-7H3/t30-/m1/s1. The number of hydrogen-bond donors (Lipinski definition) is 0. The Bertz CT molecular complexity index is 1080. The van der Waals surface area contributed by atoms with E-state index in [2.05, 4.69) is 103 Å². The van der Waals surface area contributed by atoms with Gasteiger partial charge in [0.25, 0.3) is 0 Å². The van der Waals surface area contributed by atoms with E-state index >= 15 is 0 Å². The van der Waals surface area contributed by atoms with Crippen molar-refractivity contribution in [2.24, 2.45) is 0 Å². The van der Waals surface area contributed by atoms with Crippen molar-refractivity contribution in [3.05, 3.63) is 105 Å². The second kappa shape index (κ2) is 9.24. The first-order valence-corrected chi connectivity index (χ1v) is 12.2. The predicted molar refractivity (Wildman–Crippen MR) is 141 cm³/mol. The van der Waals surface area contributed by atoms with Crippen molar-refractivity contribution in [3.8, 4) is 0 Å². The van der Waals surface area contributed by atoms with Crippen LogP contribution < -0.4 is 0 Å². The van der Waals surface area contributed by atoms with Gasteiger partial charge in [0.2, 0.25) is 0 Å². The first-order chi connectivity index (χ1) is 14.9. The summed E-state index contributed by atoms with van der Waals surface area (Å²) in [5.74, 6) is 0. The van der Waals surface area contributed by atoms with Crippen molar-refractivity contribution in [1.82, 2.24) is 0 Å². The molecule has 0 unspecified atom stereocenters. The van der Waals surface area contributed by atoms with Gasteiger partial charge in [0.05, 0.1) is 10.0 Å². The van der Waals surface area contributed by atoms with Crippen LogP contribution >= 0.6 is 23.2 Å². The third-order valence-corrected chi connectivity index (χ3v) is 8.71. The van der Waals surface area contributed by atoms with Crippen molar-refractivity contribution >= 4 is 23.2 Å². The highest BCUT2D eigenvalue weighted by atomic mass is 35.5. The zero-order valence-electron chi connectivity index (χ0n) is 20.5. The van der Waals surface area contributed by atoms with Crippen LogP contribution in [0.15, 0.2) is 66.7 Å². The van der Waals surface area contributed by atoms with Gasteiger partial charge in [-0.05, 0) is 77.5 Å². The lowest BCUT2D eigenvalue weighted by atomic mass is 9.56. The van der Waals surface area contributed by atoms with Crippen molar-refractivity contribution in [1.29, 1.82) is 0 Å². The molecule has 170 valence electrons. The average molecular weight is 468 g/mol. The van der Waals surface area contributed by atoms with Gasteiger partial charge in [-0.1, -0.05) is 112 Å². The highest BCUT2D eigenvalue weighted by molar-refractivity contribution is 6.42. The van der Waals surface area contributed by atoms with E-state index in [9.17, 15) is 0 Å². The summed E-state index contributed by atoms with van der Waals surface area (Å²) in [6.07, 6.45) is 2.08. The van der Waals surface area contributed by atoms with Crippen LogP contribution in [-0.4, -0.2) is 0 Å². The molecule has 32 heavy (non-hydrogen) atoms. The number of halogens is 2. The van der Waals surface area contributed by atoms with Crippen LogP contribution in [0, 0.1) is 13.8 Å². The molecule has 0 N–H and O–H groups in total. The van der Waals surface area contributed by atoms with Crippen LogP contribution in [-0.2, 0) is 16.2 Å². The summed E-state index contributed by atoms with van der Waals surface area (Å²) in [4.78, 5) is 0. The van der Waals surface area contributed by atoms with Gasteiger partial charge in [-0.25, -0.2) is 0 Å². The molecule has 3 aromatic carbocycles. The lowest BCUT2D eigenvalue weighted by Gasteiger charge is -2.47. The smallest absolute Gasteiger partial charge is 0.0595 e. The Morgan fingerprint density at radius 1 is 0.594 bits per heavy atom. The fourth-order valence-electron chi connectivity index (χ4n) is 4.70. The van der Waals surface area contributed by atoms with Crippen LogP contribution in [0.5, 0.6) is 0 Å². The normalized spacial score (nSPS) is 14.3. The summed E-state index contributed by atoms with van der Waals surface area (Å²) < 4.78 is 0. The van der Waals surface area contributed by atoms with E-state index in [-0.39, 0.29) is 16.2 Å². The first-order valence-electron chi connectivity index (χ1n) is 11.5. The predicted octanol–water partition coefficient (Wildman–Crippen LogP) is 9.60. The summed E-state index contributed by atoms with van der Waals surface area (Å²) in [5, 5.41) is 1.23. The van der Waals surface area contributed by atoms with Crippen molar-refractivity contribution in [3.63, 3.8) is 0 Å². The Morgan fingerprint density at radius 2 is 1.22 bits per heavy atom. The molecule has 0 amide bonds. The highest BCUT2D eigenvalue weighted by Crippen LogP contribution is 2.49. The zero-order chi connectivity index (χ0) is 23.7. The summed E-state index contributed by atoms with van der Waals surface area (Å²) in [5.41, 5.74) is 6.56. The van der Waals surface area contributed by atoms with Gasteiger partial charge in [-0.3, -0.25) is 0 Å². The van der Waals surface area contributed by atoms with Crippen LogP contribution in [0.2, 0.25) is 10.0 Å². The van der Waals surface area contributed by atoms with Crippen LogP contribution in [0.3, 0.4) is 0 Å². The topological polar surface area (TPSA) is 0 Å². The summed E-state index contributed by atoms with van der Waals surface area (Å²) in [6.45, 7) is 16.2.